The van der Waals surface area contributed by atoms with Gasteiger partial charge in [0.1, 0.15) is 17.5 Å². The second kappa shape index (κ2) is 9.39. The van der Waals surface area contributed by atoms with Crippen molar-refractivity contribution in [3.8, 4) is 6.07 Å². The highest BCUT2D eigenvalue weighted by molar-refractivity contribution is 6.30. The van der Waals surface area contributed by atoms with Gasteiger partial charge in [-0.15, -0.1) is 0 Å². The third-order valence-electron chi connectivity index (χ3n) is 4.96. The summed E-state index contributed by atoms with van der Waals surface area (Å²) in [5.74, 6) is -0.821. The van der Waals surface area contributed by atoms with Crippen molar-refractivity contribution in [2.45, 2.75) is 20.3 Å². The highest BCUT2D eigenvalue weighted by atomic mass is 35.5. The summed E-state index contributed by atoms with van der Waals surface area (Å²) in [6, 6.07) is 19.2. The first kappa shape index (κ1) is 21.3. The average Bonchev–Trinajstić information content (AvgIpc) is 2.72. The molecule has 5 heteroatoms. The molecule has 1 N–H and O–H groups in total. The first-order valence-corrected chi connectivity index (χ1v) is 9.78. The fourth-order valence-electron chi connectivity index (χ4n) is 3.09. The molecule has 0 unspecified atom stereocenters. The Morgan fingerprint density at radius 3 is 2.60 bits per heavy atom. The molecule has 0 fully saturated rings. The number of aryl methyl sites for hydroxylation is 1. The SMILES string of the molecule is Cc1cccc(NC(=O)/C(C#N)=C/c2cc(Cl)ccc2Cc2ccccc2F)c1C. The Bertz CT molecular complexity index is 1180. The molecule has 30 heavy (non-hydrogen) atoms. The molecule has 0 heterocycles. The predicted octanol–water partition coefficient (Wildman–Crippen LogP) is 6.23. The van der Waals surface area contributed by atoms with Crippen molar-refractivity contribution in [3.63, 3.8) is 0 Å². The van der Waals surface area contributed by atoms with Crippen LogP contribution in [-0.4, -0.2) is 5.91 Å². The molecule has 0 radical (unpaired) electrons. The molecule has 3 rings (SSSR count). The molecular weight excluding hydrogens is 399 g/mol. The number of nitrogens with one attached hydrogen (secondary N) is 1. The zero-order valence-electron chi connectivity index (χ0n) is 16.7. The van der Waals surface area contributed by atoms with Gasteiger partial charge in [0.15, 0.2) is 0 Å². The normalized spacial score (nSPS) is 11.1. The molecular formula is C25H20ClFN2O. The molecule has 3 nitrogen and oxygen atoms in total. The lowest BCUT2D eigenvalue weighted by molar-refractivity contribution is -0.112. The van der Waals surface area contributed by atoms with E-state index in [9.17, 15) is 14.4 Å². The molecule has 3 aromatic carbocycles. The zero-order valence-corrected chi connectivity index (χ0v) is 17.4. The molecule has 0 bridgehead atoms. The number of carbonyl (C=O) groups excluding carboxylic acids is 1. The molecule has 1 amide bonds. The van der Waals surface area contributed by atoms with E-state index in [1.807, 2.05) is 32.0 Å². The minimum absolute atomic E-state index is 0.0621. The van der Waals surface area contributed by atoms with Crippen molar-refractivity contribution in [1.82, 2.24) is 0 Å². The maximum atomic E-state index is 14.1. The number of rotatable bonds is 5. The first-order chi connectivity index (χ1) is 14.4. The highest BCUT2D eigenvalue weighted by Gasteiger charge is 2.14. The largest absolute Gasteiger partial charge is 0.321 e. The molecule has 0 atom stereocenters. The van der Waals surface area contributed by atoms with Crippen LogP contribution in [0.3, 0.4) is 0 Å². The number of halogens is 2. The average molecular weight is 419 g/mol. The van der Waals surface area contributed by atoms with Crippen molar-refractivity contribution in [3.05, 3.63) is 105 Å². The zero-order chi connectivity index (χ0) is 21.7. The molecule has 0 aliphatic rings. The lowest BCUT2D eigenvalue weighted by Crippen LogP contribution is -2.14. The molecule has 0 saturated carbocycles. The van der Waals surface area contributed by atoms with Gasteiger partial charge in [0.2, 0.25) is 0 Å². The fraction of sp³-hybridized carbons (Fsp3) is 0.120. The van der Waals surface area contributed by atoms with Gasteiger partial charge in [-0.05, 0) is 72.0 Å². The van der Waals surface area contributed by atoms with Gasteiger partial charge in [0.05, 0.1) is 0 Å². The summed E-state index contributed by atoms with van der Waals surface area (Å²) in [6.45, 7) is 3.86. The summed E-state index contributed by atoms with van der Waals surface area (Å²) in [4.78, 5) is 12.7. The lowest BCUT2D eigenvalue weighted by Gasteiger charge is -2.11. The van der Waals surface area contributed by atoms with Crippen molar-refractivity contribution in [1.29, 1.82) is 5.26 Å². The third kappa shape index (κ3) is 4.94. The van der Waals surface area contributed by atoms with Gasteiger partial charge in [0, 0.05) is 17.1 Å². The topological polar surface area (TPSA) is 52.9 Å². The Balaban J connectivity index is 1.94. The molecule has 0 aliphatic heterocycles. The number of nitriles is 1. The number of hydrogen-bond acceptors (Lipinski definition) is 2. The number of hydrogen-bond donors (Lipinski definition) is 1. The molecule has 150 valence electrons. The molecule has 3 aromatic rings. The minimum Gasteiger partial charge on any atom is -0.321 e. The van der Waals surface area contributed by atoms with E-state index in [0.29, 0.717) is 28.3 Å². The maximum absolute atomic E-state index is 14.1. The van der Waals surface area contributed by atoms with Crippen LogP contribution in [0.4, 0.5) is 10.1 Å². The predicted molar refractivity (Wildman–Crippen MR) is 119 cm³/mol. The van der Waals surface area contributed by atoms with E-state index >= 15 is 0 Å². The summed E-state index contributed by atoms with van der Waals surface area (Å²) < 4.78 is 14.1. The Kier molecular flexibility index (Phi) is 6.66. The van der Waals surface area contributed by atoms with E-state index in [4.69, 9.17) is 11.6 Å². The Labute approximate surface area is 180 Å². The standard InChI is InChI=1S/C25H20ClFN2O/c1-16-6-5-9-24(17(16)2)29-25(30)21(15-28)13-20-14-22(26)11-10-18(20)12-19-7-3-4-8-23(19)27/h3-11,13-14H,12H2,1-2H3,(H,29,30)/b21-13+. The molecule has 0 aliphatic carbocycles. The Hall–Kier alpha value is -3.42. The smallest absolute Gasteiger partial charge is 0.266 e. The Morgan fingerprint density at radius 2 is 1.87 bits per heavy atom. The van der Waals surface area contributed by atoms with E-state index < -0.39 is 5.91 Å². The van der Waals surface area contributed by atoms with E-state index in [1.165, 1.54) is 12.1 Å². The van der Waals surface area contributed by atoms with Crippen LogP contribution in [0.15, 0.2) is 66.2 Å². The van der Waals surface area contributed by atoms with E-state index in [0.717, 1.165) is 16.7 Å². The number of carbonyl (C=O) groups is 1. The molecule has 0 aromatic heterocycles. The van der Waals surface area contributed by atoms with Crippen LogP contribution in [0.5, 0.6) is 0 Å². The third-order valence-corrected chi connectivity index (χ3v) is 5.20. The summed E-state index contributed by atoms with van der Waals surface area (Å²) in [5, 5.41) is 12.8. The second-order valence-corrected chi connectivity index (χ2v) is 7.42. The van der Waals surface area contributed by atoms with Gasteiger partial charge in [-0.3, -0.25) is 4.79 Å². The van der Waals surface area contributed by atoms with Crippen LogP contribution in [0, 0.1) is 31.0 Å². The van der Waals surface area contributed by atoms with Gasteiger partial charge in [-0.25, -0.2) is 4.39 Å². The summed E-state index contributed by atoms with van der Waals surface area (Å²) in [5.41, 5.74) is 4.44. The number of anilines is 1. The van der Waals surface area contributed by atoms with Gasteiger partial charge < -0.3 is 5.32 Å². The first-order valence-electron chi connectivity index (χ1n) is 9.40. The van der Waals surface area contributed by atoms with Crippen molar-refractivity contribution in [2.24, 2.45) is 0 Å². The van der Waals surface area contributed by atoms with E-state index in [2.05, 4.69) is 5.32 Å². The van der Waals surface area contributed by atoms with Gasteiger partial charge in [-0.2, -0.15) is 5.26 Å². The van der Waals surface area contributed by atoms with Crippen LogP contribution < -0.4 is 5.32 Å². The van der Waals surface area contributed by atoms with E-state index in [1.54, 1.807) is 42.5 Å². The van der Waals surface area contributed by atoms with Gasteiger partial charge >= 0.3 is 0 Å². The number of amides is 1. The summed E-state index contributed by atoms with van der Waals surface area (Å²) in [6.07, 6.45) is 1.80. The van der Waals surface area contributed by atoms with E-state index in [-0.39, 0.29) is 11.4 Å². The van der Waals surface area contributed by atoms with Crippen LogP contribution >= 0.6 is 11.6 Å². The van der Waals surface area contributed by atoms with Crippen molar-refractivity contribution in [2.75, 3.05) is 5.32 Å². The Morgan fingerprint density at radius 1 is 1.10 bits per heavy atom. The summed E-state index contributed by atoms with van der Waals surface area (Å²) >= 11 is 6.14. The van der Waals surface area contributed by atoms with Gasteiger partial charge in [-0.1, -0.05) is 48.0 Å². The van der Waals surface area contributed by atoms with Crippen LogP contribution in [0.25, 0.3) is 6.08 Å². The van der Waals surface area contributed by atoms with Crippen LogP contribution in [-0.2, 0) is 11.2 Å². The van der Waals surface area contributed by atoms with Crippen LogP contribution in [0.1, 0.15) is 27.8 Å². The monoisotopic (exact) mass is 418 g/mol. The van der Waals surface area contributed by atoms with Gasteiger partial charge in [0.25, 0.3) is 5.91 Å². The fourth-order valence-corrected chi connectivity index (χ4v) is 3.27. The second-order valence-electron chi connectivity index (χ2n) is 6.98. The number of benzene rings is 3. The van der Waals surface area contributed by atoms with Crippen molar-refractivity contribution < 1.29 is 9.18 Å². The molecule has 0 saturated heterocycles. The lowest BCUT2D eigenvalue weighted by atomic mass is 9.98. The molecule has 0 spiro atoms. The van der Waals surface area contributed by atoms with Crippen molar-refractivity contribution >= 4 is 29.3 Å². The number of nitrogens with zero attached hydrogens (tertiary/aromatic N) is 1. The quantitative estimate of drug-likeness (QED) is 0.394. The highest BCUT2D eigenvalue weighted by Crippen LogP contribution is 2.24. The van der Waals surface area contributed by atoms with Crippen LogP contribution in [0.2, 0.25) is 5.02 Å². The summed E-state index contributed by atoms with van der Waals surface area (Å²) in [7, 11) is 0. The minimum atomic E-state index is -0.511. The maximum Gasteiger partial charge on any atom is 0.266 e.